The number of aliphatic imine (C=N–C) groups is 1. The maximum absolute atomic E-state index is 6.39. The molecule has 0 aliphatic carbocycles. The van der Waals surface area contributed by atoms with E-state index < -0.39 is 0 Å². The summed E-state index contributed by atoms with van der Waals surface area (Å²) in [6.07, 6.45) is 4.23. The molecule has 2 aromatic carbocycles. The van der Waals surface area contributed by atoms with Crippen LogP contribution in [0, 0.1) is 0 Å². The number of anilines is 2. The number of guanidine groups is 1. The molecule has 0 atom stereocenters. The minimum absolute atomic E-state index is 0.105. The number of benzene rings is 2. The van der Waals surface area contributed by atoms with Crippen molar-refractivity contribution in [2.24, 2.45) is 10.7 Å². The van der Waals surface area contributed by atoms with Crippen molar-refractivity contribution in [2.75, 3.05) is 32.1 Å². The van der Waals surface area contributed by atoms with Gasteiger partial charge in [-0.25, -0.2) is 4.90 Å². The molecule has 158 valence electrons. The molecule has 0 radical (unpaired) electrons. The lowest BCUT2D eigenvalue weighted by Gasteiger charge is -2.37. The molecule has 1 aromatic heterocycles. The van der Waals surface area contributed by atoms with Gasteiger partial charge in [-0.05, 0) is 63.5 Å². The summed E-state index contributed by atoms with van der Waals surface area (Å²) in [5.74, 6) is 1.68. The molecule has 3 aromatic rings. The van der Waals surface area contributed by atoms with Crippen molar-refractivity contribution in [3.05, 3.63) is 54.3 Å². The zero-order chi connectivity index (χ0) is 21.3. The molecule has 4 rings (SSSR count). The second-order valence-corrected chi connectivity index (χ2v) is 8.19. The molecule has 6 heteroatoms. The van der Waals surface area contributed by atoms with Gasteiger partial charge < -0.3 is 14.9 Å². The van der Waals surface area contributed by atoms with Crippen molar-refractivity contribution in [1.82, 2.24) is 4.90 Å². The number of nitrogens with zero attached hydrogens (tertiary/aromatic N) is 3. The molecular formula is C24H30N4O2. The Morgan fingerprint density at radius 1 is 1.17 bits per heavy atom. The Balaban J connectivity index is 1.88. The molecule has 1 aliphatic heterocycles. The number of fused-ring (bicyclic) bond motifs is 1. The molecule has 0 unspecified atom stereocenters. The number of nitrogens with two attached hydrogens (primary N) is 1. The van der Waals surface area contributed by atoms with Gasteiger partial charge in [-0.3, -0.25) is 9.89 Å². The van der Waals surface area contributed by atoms with Crippen molar-refractivity contribution in [1.29, 1.82) is 0 Å². The lowest BCUT2D eigenvalue weighted by atomic mass is 9.91. The maximum atomic E-state index is 6.39. The van der Waals surface area contributed by atoms with Gasteiger partial charge in [-0.2, -0.15) is 0 Å². The van der Waals surface area contributed by atoms with Crippen molar-refractivity contribution >= 4 is 28.3 Å². The van der Waals surface area contributed by atoms with Gasteiger partial charge in [0, 0.05) is 23.4 Å². The van der Waals surface area contributed by atoms with E-state index in [4.69, 9.17) is 14.9 Å². The van der Waals surface area contributed by atoms with Gasteiger partial charge in [0.2, 0.25) is 11.8 Å². The lowest BCUT2D eigenvalue weighted by molar-refractivity contribution is 0.155. The monoisotopic (exact) mass is 406 g/mol. The van der Waals surface area contributed by atoms with Gasteiger partial charge in [0.25, 0.3) is 0 Å². The number of methoxy groups -OCH3 is 1. The Morgan fingerprint density at radius 2 is 1.90 bits per heavy atom. The predicted octanol–water partition coefficient (Wildman–Crippen LogP) is 4.85. The van der Waals surface area contributed by atoms with E-state index >= 15 is 0 Å². The number of ether oxygens (including phenoxy) is 1. The molecule has 1 saturated heterocycles. The van der Waals surface area contributed by atoms with Crippen LogP contribution in [0.1, 0.15) is 32.3 Å². The van der Waals surface area contributed by atoms with Crippen molar-refractivity contribution in [3.63, 3.8) is 0 Å². The van der Waals surface area contributed by atoms with E-state index in [-0.39, 0.29) is 5.54 Å². The van der Waals surface area contributed by atoms with Gasteiger partial charge in [-0.15, -0.1) is 0 Å². The van der Waals surface area contributed by atoms with E-state index in [1.807, 2.05) is 35.2 Å². The Labute approximate surface area is 177 Å². The van der Waals surface area contributed by atoms with Crippen LogP contribution in [0.15, 0.2) is 58.1 Å². The van der Waals surface area contributed by atoms with Gasteiger partial charge >= 0.3 is 0 Å². The molecule has 0 saturated carbocycles. The summed E-state index contributed by atoms with van der Waals surface area (Å²) < 4.78 is 11.7. The summed E-state index contributed by atoms with van der Waals surface area (Å²) >= 11 is 0. The summed E-state index contributed by atoms with van der Waals surface area (Å²) in [5.41, 5.74) is 8.29. The van der Waals surface area contributed by atoms with Crippen LogP contribution < -0.4 is 15.4 Å². The van der Waals surface area contributed by atoms with Crippen molar-refractivity contribution < 1.29 is 9.15 Å². The number of hydrogen-bond acceptors (Lipinski definition) is 4. The number of hydrogen-bond donors (Lipinski definition) is 1. The van der Waals surface area contributed by atoms with Crippen LogP contribution in [-0.4, -0.2) is 38.1 Å². The Morgan fingerprint density at radius 3 is 2.60 bits per heavy atom. The first-order chi connectivity index (χ1) is 14.5. The summed E-state index contributed by atoms with van der Waals surface area (Å²) in [5, 5.41) is 1.98. The molecule has 1 fully saturated rings. The first kappa shape index (κ1) is 20.3. The molecule has 6 nitrogen and oxygen atoms in total. The van der Waals surface area contributed by atoms with Crippen LogP contribution in [0.2, 0.25) is 0 Å². The summed E-state index contributed by atoms with van der Waals surface area (Å²) in [6.45, 7) is 6.76. The van der Waals surface area contributed by atoms with Crippen LogP contribution in [0.25, 0.3) is 10.8 Å². The highest BCUT2D eigenvalue weighted by atomic mass is 16.5. The molecule has 0 bridgehead atoms. The molecular weight excluding hydrogens is 376 g/mol. The predicted molar refractivity (Wildman–Crippen MR) is 123 cm³/mol. The van der Waals surface area contributed by atoms with Crippen LogP contribution in [0.4, 0.5) is 11.6 Å². The van der Waals surface area contributed by atoms with E-state index in [1.54, 1.807) is 20.4 Å². The Hall–Kier alpha value is -2.99. The van der Waals surface area contributed by atoms with E-state index in [1.165, 1.54) is 18.4 Å². The standard InChI is InChI=1S/C24H30N4O2/c1-24(2,27-13-7-8-14-27)18-11-12-21(29-4)20(15-18)28(23(25)26-3)22-19-10-6-5-9-17(19)16-30-22/h5-6,9-12,15-16H,7-8,13-14H2,1-4H3,(H2,25,26). The minimum Gasteiger partial charge on any atom is -0.495 e. The van der Waals surface area contributed by atoms with Gasteiger partial charge in [-0.1, -0.05) is 24.3 Å². The fraction of sp³-hybridized carbons (Fsp3) is 0.375. The van der Waals surface area contributed by atoms with Crippen LogP contribution in [0.3, 0.4) is 0 Å². The second-order valence-electron chi connectivity index (χ2n) is 8.19. The maximum Gasteiger partial charge on any atom is 0.214 e. The van der Waals surface area contributed by atoms with E-state index in [9.17, 15) is 0 Å². The lowest BCUT2D eigenvalue weighted by Crippen LogP contribution is -2.39. The average molecular weight is 407 g/mol. The van der Waals surface area contributed by atoms with Gasteiger partial charge in [0.1, 0.15) is 12.0 Å². The largest absolute Gasteiger partial charge is 0.495 e. The zero-order valence-electron chi connectivity index (χ0n) is 18.2. The highest BCUT2D eigenvalue weighted by Crippen LogP contribution is 2.41. The molecule has 30 heavy (non-hydrogen) atoms. The van der Waals surface area contributed by atoms with Crippen molar-refractivity contribution in [2.45, 2.75) is 32.2 Å². The second kappa shape index (κ2) is 8.03. The highest BCUT2D eigenvalue weighted by Gasteiger charge is 2.32. The third kappa shape index (κ3) is 3.41. The fourth-order valence-corrected chi connectivity index (χ4v) is 4.29. The quantitative estimate of drug-likeness (QED) is 0.484. The molecule has 1 aliphatic rings. The number of furan rings is 1. The van der Waals surface area contributed by atoms with E-state index in [0.717, 1.165) is 29.5 Å². The molecule has 2 N–H and O–H groups in total. The Kier molecular flexibility index (Phi) is 5.43. The van der Waals surface area contributed by atoms with Gasteiger partial charge in [0.15, 0.2) is 0 Å². The summed E-state index contributed by atoms with van der Waals surface area (Å²) in [6, 6.07) is 14.3. The average Bonchev–Trinajstić information content (AvgIpc) is 3.45. The highest BCUT2D eigenvalue weighted by molar-refractivity contribution is 6.08. The zero-order valence-corrected chi connectivity index (χ0v) is 18.2. The van der Waals surface area contributed by atoms with E-state index in [0.29, 0.717) is 17.6 Å². The molecule has 2 heterocycles. The topological polar surface area (TPSA) is 67.2 Å². The normalized spacial score (nSPS) is 15.7. The molecule has 0 spiro atoms. The van der Waals surface area contributed by atoms with E-state index in [2.05, 4.69) is 35.9 Å². The third-order valence-electron chi connectivity index (χ3n) is 6.17. The first-order valence-corrected chi connectivity index (χ1v) is 10.4. The van der Waals surface area contributed by atoms with Crippen LogP contribution >= 0.6 is 0 Å². The minimum atomic E-state index is -0.105. The summed E-state index contributed by atoms with van der Waals surface area (Å²) in [7, 11) is 3.35. The van der Waals surface area contributed by atoms with Crippen LogP contribution in [0.5, 0.6) is 5.75 Å². The smallest absolute Gasteiger partial charge is 0.214 e. The Bertz CT molecular complexity index is 1060. The first-order valence-electron chi connectivity index (χ1n) is 10.4. The fourth-order valence-electron chi connectivity index (χ4n) is 4.29. The summed E-state index contributed by atoms with van der Waals surface area (Å²) in [4.78, 5) is 8.64. The van der Waals surface area contributed by atoms with Crippen molar-refractivity contribution in [3.8, 4) is 5.75 Å². The van der Waals surface area contributed by atoms with Crippen LogP contribution in [-0.2, 0) is 5.54 Å². The molecule has 0 amide bonds. The SMILES string of the molecule is CN=C(N)N(c1cc(C(C)(C)N2CCCC2)ccc1OC)c1occ2ccccc12. The number of likely N-dealkylation sites (tertiary alicyclic amines) is 1. The third-order valence-corrected chi connectivity index (χ3v) is 6.17. The van der Waals surface area contributed by atoms with Gasteiger partial charge in [0.05, 0.1) is 12.8 Å². The number of rotatable bonds is 5.